The molecule has 0 fully saturated rings. The number of aryl methyl sites for hydroxylation is 1. The first-order chi connectivity index (χ1) is 8.92. The number of hydrogen-bond donors (Lipinski definition) is 2. The molecule has 0 amide bonds. The number of sulfonamides is 1. The third-order valence-corrected chi connectivity index (χ3v) is 4.67. The van der Waals surface area contributed by atoms with E-state index in [0.29, 0.717) is 5.69 Å². The Labute approximate surface area is 124 Å². The Balaban J connectivity index is 2.31. The van der Waals surface area contributed by atoms with Gasteiger partial charge in [-0.3, -0.25) is 4.72 Å². The van der Waals surface area contributed by atoms with E-state index in [1.165, 1.54) is 6.07 Å². The molecule has 0 unspecified atom stereocenters. The van der Waals surface area contributed by atoms with E-state index in [1.807, 2.05) is 0 Å². The summed E-state index contributed by atoms with van der Waals surface area (Å²) in [6.07, 6.45) is 0. The van der Waals surface area contributed by atoms with Crippen LogP contribution in [-0.2, 0) is 16.6 Å². The van der Waals surface area contributed by atoms with E-state index >= 15 is 0 Å². The lowest BCUT2D eigenvalue weighted by Crippen LogP contribution is -2.13. The van der Waals surface area contributed by atoms with E-state index in [2.05, 4.69) is 27.3 Å². The second kappa shape index (κ2) is 5.51. The van der Waals surface area contributed by atoms with Gasteiger partial charge < -0.3 is 9.52 Å². The van der Waals surface area contributed by atoms with Crippen molar-refractivity contribution in [3.8, 4) is 0 Å². The lowest BCUT2D eigenvalue weighted by Gasteiger charge is -2.06. The topological polar surface area (TPSA) is 79.5 Å². The van der Waals surface area contributed by atoms with Crippen LogP contribution in [0.3, 0.4) is 0 Å². The van der Waals surface area contributed by atoms with Crippen LogP contribution in [0.4, 0.5) is 5.69 Å². The van der Waals surface area contributed by atoms with Gasteiger partial charge in [-0.2, -0.15) is 0 Å². The van der Waals surface area contributed by atoms with E-state index in [-0.39, 0.29) is 23.0 Å². The number of halogens is 1. The Kier molecular flexibility index (Phi) is 4.16. The summed E-state index contributed by atoms with van der Waals surface area (Å²) >= 11 is 2.14. The predicted octanol–water partition coefficient (Wildman–Crippen LogP) is 2.49. The first-order valence-electron chi connectivity index (χ1n) is 5.41. The molecule has 5 nitrogen and oxygen atoms in total. The van der Waals surface area contributed by atoms with E-state index in [4.69, 9.17) is 9.52 Å². The summed E-state index contributed by atoms with van der Waals surface area (Å²) in [5.41, 5.74) is 0.478. The number of benzene rings is 1. The predicted molar refractivity (Wildman–Crippen MR) is 79.3 cm³/mol. The van der Waals surface area contributed by atoms with Crippen molar-refractivity contribution in [2.75, 3.05) is 4.72 Å². The van der Waals surface area contributed by atoms with Crippen LogP contribution in [0.2, 0.25) is 0 Å². The third-order valence-electron chi connectivity index (χ3n) is 2.47. The van der Waals surface area contributed by atoms with Gasteiger partial charge >= 0.3 is 0 Å². The molecule has 0 atom stereocenters. The first-order valence-corrected chi connectivity index (χ1v) is 7.97. The van der Waals surface area contributed by atoms with Crippen LogP contribution in [0.5, 0.6) is 0 Å². The number of aliphatic hydroxyl groups excluding tert-OH is 1. The average Bonchev–Trinajstić information content (AvgIpc) is 2.74. The molecule has 0 aliphatic carbocycles. The highest BCUT2D eigenvalue weighted by Crippen LogP contribution is 2.23. The highest BCUT2D eigenvalue weighted by molar-refractivity contribution is 14.1. The molecule has 0 saturated heterocycles. The molecule has 0 spiro atoms. The number of hydrogen-bond acceptors (Lipinski definition) is 4. The molecule has 2 N–H and O–H groups in total. The van der Waals surface area contributed by atoms with Crippen molar-refractivity contribution in [3.63, 3.8) is 0 Å². The van der Waals surface area contributed by atoms with Crippen molar-refractivity contribution in [2.45, 2.75) is 18.4 Å². The molecule has 0 radical (unpaired) electrons. The standard InChI is InChI=1S/C12H12INO4S/c1-8-12(6-11(7-15)18-8)19(16,17)14-10-4-2-9(13)3-5-10/h2-6,14-15H,7H2,1H3. The summed E-state index contributed by atoms with van der Waals surface area (Å²) in [4.78, 5) is 0.0371. The second-order valence-corrected chi connectivity index (χ2v) is 6.80. The molecule has 0 aliphatic heterocycles. The smallest absolute Gasteiger partial charge is 0.265 e. The fourth-order valence-electron chi connectivity index (χ4n) is 1.60. The summed E-state index contributed by atoms with van der Waals surface area (Å²) in [5.74, 6) is 0.475. The zero-order valence-corrected chi connectivity index (χ0v) is 13.0. The van der Waals surface area contributed by atoms with E-state index < -0.39 is 10.0 Å². The minimum absolute atomic E-state index is 0.0371. The van der Waals surface area contributed by atoms with Crippen molar-refractivity contribution < 1.29 is 17.9 Å². The van der Waals surface area contributed by atoms with Crippen molar-refractivity contribution in [1.82, 2.24) is 0 Å². The zero-order chi connectivity index (χ0) is 14.0. The van der Waals surface area contributed by atoms with E-state index in [0.717, 1.165) is 3.57 Å². The number of nitrogens with one attached hydrogen (secondary N) is 1. The largest absolute Gasteiger partial charge is 0.462 e. The molecule has 0 saturated carbocycles. The molecule has 1 heterocycles. The van der Waals surface area contributed by atoms with Gasteiger partial charge in [-0.15, -0.1) is 0 Å². The number of aliphatic hydroxyl groups is 1. The lowest BCUT2D eigenvalue weighted by molar-refractivity contribution is 0.245. The Morgan fingerprint density at radius 1 is 1.32 bits per heavy atom. The van der Waals surface area contributed by atoms with Gasteiger partial charge in [0, 0.05) is 15.3 Å². The summed E-state index contributed by atoms with van der Waals surface area (Å²) in [5, 5.41) is 8.95. The van der Waals surface area contributed by atoms with Crippen LogP contribution in [0.15, 0.2) is 39.6 Å². The van der Waals surface area contributed by atoms with Crippen LogP contribution in [0.1, 0.15) is 11.5 Å². The van der Waals surface area contributed by atoms with Crippen LogP contribution in [0, 0.1) is 10.5 Å². The third kappa shape index (κ3) is 3.28. The first kappa shape index (κ1) is 14.4. The van der Waals surface area contributed by atoms with Gasteiger partial charge in [0.1, 0.15) is 23.0 Å². The maximum absolute atomic E-state index is 12.2. The molecule has 19 heavy (non-hydrogen) atoms. The maximum Gasteiger partial charge on any atom is 0.265 e. The number of furan rings is 1. The van der Waals surface area contributed by atoms with E-state index in [1.54, 1.807) is 31.2 Å². The van der Waals surface area contributed by atoms with Gasteiger partial charge in [0.05, 0.1) is 0 Å². The van der Waals surface area contributed by atoms with Crippen LogP contribution < -0.4 is 4.72 Å². The summed E-state index contributed by atoms with van der Waals surface area (Å²) in [6, 6.07) is 8.30. The summed E-state index contributed by atoms with van der Waals surface area (Å²) < 4.78 is 33.0. The van der Waals surface area contributed by atoms with E-state index in [9.17, 15) is 8.42 Å². The summed E-state index contributed by atoms with van der Waals surface area (Å²) in [6.45, 7) is 1.21. The molecule has 0 bridgehead atoms. The molecule has 102 valence electrons. The molecule has 1 aromatic carbocycles. The molecule has 2 rings (SSSR count). The summed E-state index contributed by atoms with van der Waals surface area (Å²) in [7, 11) is -3.70. The van der Waals surface area contributed by atoms with Gasteiger partial charge in [-0.05, 0) is 53.8 Å². The van der Waals surface area contributed by atoms with Gasteiger partial charge in [-0.25, -0.2) is 8.42 Å². The number of rotatable bonds is 4. The molecule has 1 aromatic heterocycles. The minimum atomic E-state index is -3.70. The zero-order valence-electron chi connectivity index (χ0n) is 10.1. The average molecular weight is 393 g/mol. The van der Waals surface area contributed by atoms with Crippen LogP contribution in [-0.4, -0.2) is 13.5 Å². The van der Waals surface area contributed by atoms with Gasteiger partial charge in [0.15, 0.2) is 0 Å². The molecule has 2 aromatic rings. The molecule has 7 heteroatoms. The van der Waals surface area contributed by atoms with Crippen molar-refractivity contribution in [2.24, 2.45) is 0 Å². The number of anilines is 1. The van der Waals surface area contributed by atoms with Crippen LogP contribution >= 0.6 is 22.6 Å². The monoisotopic (exact) mass is 393 g/mol. The molecular formula is C12H12INO4S. The SMILES string of the molecule is Cc1oc(CO)cc1S(=O)(=O)Nc1ccc(I)cc1. The van der Waals surface area contributed by atoms with Crippen molar-refractivity contribution >= 4 is 38.3 Å². The minimum Gasteiger partial charge on any atom is -0.462 e. The quantitative estimate of drug-likeness (QED) is 0.783. The fourth-order valence-corrected chi connectivity index (χ4v) is 3.22. The molecular weight excluding hydrogens is 381 g/mol. The Morgan fingerprint density at radius 3 is 2.47 bits per heavy atom. The van der Waals surface area contributed by atoms with Gasteiger partial charge in [0.25, 0.3) is 10.0 Å². The molecule has 0 aliphatic rings. The van der Waals surface area contributed by atoms with Crippen LogP contribution in [0.25, 0.3) is 0 Å². The second-order valence-electron chi connectivity index (χ2n) is 3.90. The Morgan fingerprint density at radius 2 is 1.95 bits per heavy atom. The van der Waals surface area contributed by atoms with Crippen molar-refractivity contribution in [1.29, 1.82) is 0 Å². The lowest BCUT2D eigenvalue weighted by atomic mass is 10.3. The Hall–Kier alpha value is -1.06. The van der Waals surface area contributed by atoms with Gasteiger partial charge in [-0.1, -0.05) is 0 Å². The van der Waals surface area contributed by atoms with Gasteiger partial charge in [0.2, 0.25) is 0 Å². The van der Waals surface area contributed by atoms with Crippen molar-refractivity contribution in [3.05, 3.63) is 45.4 Å². The highest BCUT2D eigenvalue weighted by atomic mass is 127. The Bertz CT molecular complexity index is 676. The normalized spacial score (nSPS) is 11.5. The maximum atomic E-state index is 12.2. The fraction of sp³-hybridized carbons (Fsp3) is 0.167. The highest BCUT2D eigenvalue weighted by Gasteiger charge is 2.21.